The molecule has 0 saturated heterocycles. The van der Waals surface area contributed by atoms with Gasteiger partial charge in [0.2, 0.25) is 0 Å². The summed E-state index contributed by atoms with van der Waals surface area (Å²) >= 11 is 0. The van der Waals surface area contributed by atoms with E-state index in [1.165, 1.54) is 11.1 Å². The minimum atomic E-state index is 0.334. The molecular formula is C16H21NO. The topological polar surface area (TPSA) is 25.2 Å². The Morgan fingerprint density at radius 3 is 2.33 bits per heavy atom. The summed E-state index contributed by atoms with van der Waals surface area (Å²) in [5.41, 5.74) is 2.60. The highest BCUT2D eigenvalue weighted by molar-refractivity contribution is 5.23. The summed E-state index contributed by atoms with van der Waals surface area (Å²) in [4.78, 5) is 0. The molecule has 1 N–H and O–H groups in total. The molecular weight excluding hydrogens is 222 g/mol. The van der Waals surface area contributed by atoms with Gasteiger partial charge in [0, 0.05) is 12.5 Å². The third-order valence-corrected chi connectivity index (χ3v) is 3.23. The molecule has 1 aromatic carbocycles. The summed E-state index contributed by atoms with van der Waals surface area (Å²) in [6.07, 6.45) is 0.952. The van der Waals surface area contributed by atoms with Gasteiger partial charge in [-0.2, -0.15) is 0 Å². The largest absolute Gasteiger partial charge is 0.465 e. The molecule has 0 bridgehead atoms. The van der Waals surface area contributed by atoms with Gasteiger partial charge in [0.1, 0.15) is 11.5 Å². The smallest absolute Gasteiger partial charge is 0.117 e. The highest BCUT2D eigenvalue weighted by atomic mass is 16.3. The van der Waals surface area contributed by atoms with Crippen LogP contribution in [0.15, 0.2) is 40.8 Å². The van der Waals surface area contributed by atoms with Gasteiger partial charge in [0.05, 0.1) is 6.54 Å². The van der Waals surface area contributed by atoms with Gasteiger partial charge in [-0.25, -0.2) is 0 Å². The maximum absolute atomic E-state index is 5.68. The van der Waals surface area contributed by atoms with E-state index in [-0.39, 0.29) is 0 Å². The maximum Gasteiger partial charge on any atom is 0.117 e. The summed E-state index contributed by atoms with van der Waals surface area (Å²) in [5.74, 6) is 2.06. The molecule has 1 aromatic heterocycles. The number of hydrogen-bond acceptors (Lipinski definition) is 2. The van der Waals surface area contributed by atoms with E-state index in [0.717, 1.165) is 24.5 Å². The Hall–Kier alpha value is -1.54. The first kappa shape index (κ1) is 12.9. The van der Waals surface area contributed by atoms with Crippen molar-refractivity contribution in [2.75, 3.05) is 0 Å². The first-order chi connectivity index (χ1) is 8.69. The Kier molecular flexibility index (Phi) is 4.21. The third-order valence-electron chi connectivity index (χ3n) is 3.23. The molecule has 1 heterocycles. The van der Waals surface area contributed by atoms with Crippen LogP contribution in [0.3, 0.4) is 0 Å². The lowest BCUT2D eigenvalue weighted by molar-refractivity contribution is 0.435. The van der Waals surface area contributed by atoms with Crippen LogP contribution in [0.4, 0.5) is 0 Å². The van der Waals surface area contributed by atoms with Crippen molar-refractivity contribution in [1.82, 2.24) is 5.32 Å². The standard InChI is InChI=1S/C16H21NO/c1-4-15-9-10-16(18-15)11-17-13(3)14-7-5-12(2)6-8-14/h5-10,13,17H,4,11H2,1-3H3/t13-/m1/s1. The van der Waals surface area contributed by atoms with Gasteiger partial charge in [-0.1, -0.05) is 36.8 Å². The Morgan fingerprint density at radius 1 is 1.06 bits per heavy atom. The molecule has 0 radical (unpaired) electrons. The van der Waals surface area contributed by atoms with Crippen LogP contribution >= 0.6 is 0 Å². The average Bonchev–Trinajstić information content (AvgIpc) is 2.85. The highest BCUT2D eigenvalue weighted by Crippen LogP contribution is 2.15. The molecule has 2 nitrogen and oxygen atoms in total. The van der Waals surface area contributed by atoms with Crippen LogP contribution in [0.2, 0.25) is 0 Å². The van der Waals surface area contributed by atoms with E-state index >= 15 is 0 Å². The van der Waals surface area contributed by atoms with Crippen molar-refractivity contribution in [3.63, 3.8) is 0 Å². The van der Waals surface area contributed by atoms with Crippen molar-refractivity contribution < 1.29 is 4.42 Å². The van der Waals surface area contributed by atoms with Gasteiger partial charge in [-0.3, -0.25) is 0 Å². The number of nitrogens with one attached hydrogen (secondary N) is 1. The molecule has 0 aliphatic heterocycles. The van der Waals surface area contributed by atoms with E-state index in [1.807, 2.05) is 12.1 Å². The monoisotopic (exact) mass is 243 g/mol. The SMILES string of the molecule is CCc1ccc(CN[C@H](C)c2ccc(C)cc2)o1. The molecule has 0 spiro atoms. The van der Waals surface area contributed by atoms with Crippen molar-refractivity contribution in [2.24, 2.45) is 0 Å². The summed E-state index contributed by atoms with van der Waals surface area (Å²) in [6, 6.07) is 13.1. The second-order valence-corrected chi connectivity index (χ2v) is 4.73. The number of benzene rings is 1. The molecule has 18 heavy (non-hydrogen) atoms. The molecule has 0 fully saturated rings. The summed E-state index contributed by atoms with van der Waals surface area (Å²) in [7, 11) is 0. The predicted octanol–water partition coefficient (Wildman–Crippen LogP) is 4.00. The van der Waals surface area contributed by atoms with Crippen molar-refractivity contribution in [3.05, 3.63) is 59.0 Å². The average molecular weight is 243 g/mol. The molecule has 0 saturated carbocycles. The molecule has 96 valence electrons. The van der Waals surface area contributed by atoms with Gasteiger partial charge in [-0.05, 0) is 31.5 Å². The van der Waals surface area contributed by atoms with Crippen molar-refractivity contribution in [1.29, 1.82) is 0 Å². The van der Waals surface area contributed by atoms with Gasteiger partial charge >= 0.3 is 0 Å². The van der Waals surface area contributed by atoms with Crippen LogP contribution in [0, 0.1) is 6.92 Å². The Balaban J connectivity index is 1.91. The molecule has 0 amide bonds. The van der Waals surface area contributed by atoms with Crippen LogP contribution in [-0.4, -0.2) is 0 Å². The van der Waals surface area contributed by atoms with E-state index < -0.39 is 0 Å². The minimum Gasteiger partial charge on any atom is -0.465 e. The van der Waals surface area contributed by atoms with Gasteiger partial charge in [0.25, 0.3) is 0 Å². The van der Waals surface area contributed by atoms with Crippen molar-refractivity contribution in [2.45, 2.75) is 39.8 Å². The fraction of sp³-hybridized carbons (Fsp3) is 0.375. The molecule has 2 rings (SSSR count). The molecule has 0 aliphatic carbocycles. The lowest BCUT2D eigenvalue weighted by Crippen LogP contribution is -2.17. The highest BCUT2D eigenvalue weighted by Gasteiger charge is 2.06. The number of hydrogen-bond donors (Lipinski definition) is 1. The van der Waals surface area contributed by atoms with E-state index in [1.54, 1.807) is 0 Å². The normalized spacial score (nSPS) is 12.6. The Morgan fingerprint density at radius 2 is 1.72 bits per heavy atom. The number of aryl methyl sites for hydroxylation is 2. The van der Waals surface area contributed by atoms with Crippen LogP contribution in [0.1, 0.15) is 42.5 Å². The minimum absolute atomic E-state index is 0.334. The van der Waals surface area contributed by atoms with Gasteiger partial charge < -0.3 is 9.73 Å². The molecule has 2 heteroatoms. The lowest BCUT2D eigenvalue weighted by Gasteiger charge is -2.13. The first-order valence-corrected chi connectivity index (χ1v) is 6.56. The molecule has 0 aliphatic rings. The zero-order valence-electron chi connectivity index (χ0n) is 11.4. The van der Waals surface area contributed by atoms with E-state index in [2.05, 4.69) is 50.4 Å². The van der Waals surface area contributed by atoms with Gasteiger partial charge in [0.15, 0.2) is 0 Å². The van der Waals surface area contributed by atoms with Crippen LogP contribution < -0.4 is 5.32 Å². The van der Waals surface area contributed by atoms with E-state index in [4.69, 9.17) is 4.42 Å². The quantitative estimate of drug-likeness (QED) is 0.858. The molecule has 2 aromatic rings. The van der Waals surface area contributed by atoms with Crippen LogP contribution in [-0.2, 0) is 13.0 Å². The number of rotatable bonds is 5. The fourth-order valence-corrected chi connectivity index (χ4v) is 1.93. The molecule has 0 unspecified atom stereocenters. The fourth-order valence-electron chi connectivity index (χ4n) is 1.93. The van der Waals surface area contributed by atoms with Crippen LogP contribution in [0.25, 0.3) is 0 Å². The lowest BCUT2D eigenvalue weighted by atomic mass is 10.1. The van der Waals surface area contributed by atoms with Gasteiger partial charge in [-0.15, -0.1) is 0 Å². The second kappa shape index (κ2) is 5.87. The van der Waals surface area contributed by atoms with E-state index in [0.29, 0.717) is 6.04 Å². The Labute approximate surface area is 109 Å². The van der Waals surface area contributed by atoms with Crippen LogP contribution in [0.5, 0.6) is 0 Å². The summed E-state index contributed by atoms with van der Waals surface area (Å²) < 4.78 is 5.68. The zero-order chi connectivity index (χ0) is 13.0. The Bertz CT molecular complexity index is 484. The number of furan rings is 1. The third kappa shape index (κ3) is 3.23. The van der Waals surface area contributed by atoms with Crippen molar-refractivity contribution >= 4 is 0 Å². The molecule has 1 atom stereocenters. The summed E-state index contributed by atoms with van der Waals surface area (Å²) in [6.45, 7) is 7.16. The predicted molar refractivity (Wildman–Crippen MR) is 74.5 cm³/mol. The van der Waals surface area contributed by atoms with E-state index in [9.17, 15) is 0 Å². The second-order valence-electron chi connectivity index (χ2n) is 4.73. The van der Waals surface area contributed by atoms with Crippen molar-refractivity contribution in [3.8, 4) is 0 Å². The summed E-state index contributed by atoms with van der Waals surface area (Å²) in [5, 5.41) is 3.48. The zero-order valence-corrected chi connectivity index (χ0v) is 11.4. The maximum atomic E-state index is 5.68. The first-order valence-electron chi connectivity index (χ1n) is 6.56.